The number of carbonyl (C=O) groups excluding carboxylic acids is 2. The molecule has 0 rings (SSSR count). The smallest absolute Gasteiger partial charge is 0.308 e. The molecule has 0 spiro atoms. The fraction of sp³-hybridized carbons (Fsp3) is 0.875. The van der Waals surface area contributed by atoms with Gasteiger partial charge in [0.05, 0.1) is 45.6 Å². The van der Waals surface area contributed by atoms with Crippen LogP contribution in [0.4, 0.5) is 0 Å². The second-order valence-electron chi connectivity index (χ2n) is 5.53. The van der Waals surface area contributed by atoms with Crippen LogP contribution in [0, 0.1) is 11.8 Å². The molecule has 0 saturated carbocycles. The van der Waals surface area contributed by atoms with Crippen molar-refractivity contribution in [2.45, 2.75) is 34.1 Å². The maximum atomic E-state index is 11.3. The maximum Gasteiger partial charge on any atom is 0.308 e. The molecule has 0 aliphatic heterocycles. The Morgan fingerprint density at radius 1 is 0.682 bits per heavy atom. The van der Waals surface area contributed by atoms with Crippen molar-refractivity contribution in [3.05, 3.63) is 0 Å². The Morgan fingerprint density at radius 3 is 1.59 bits per heavy atom. The van der Waals surface area contributed by atoms with Gasteiger partial charge in [0.1, 0.15) is 12.4 Å². The van der Waals surface area contributed by atoms with Crippen LogP contribution in [0.25, 0.3) is 0 Å². The van der Waals surface area contributed by atoms with Crippen LogP contribution in [0.1, 0.15) is 34.1 Å². The molecule has 0 atom stereocenters. The van der Waals surface area contributed by atoms with Gasteiger partial charge in [-0.2, -0.15) is 0 Å². The number of rotatable bonds is 14. The highest BCUT2D eigenvalue weighted by atomic mass is 16.6. The number of Topliss-reactive ketones (excluding diaryl/α,β-unsaturated/α-hetero) is 1. The summed E-state index contributed by atoms with van der Waals surface area (Å²) in [5, 5.41) is 0. The minimum atomic E-state index is -0.215. The van der Waals surface area contributed by atoms with Crippen molar-refractivity contribution in [3.63, 3.8) is 0 Å². The first-order chi connectivity index (χ1) is 10.4. The van der Waals surface area contributed by atoms with Crippen molar-refractivity contribution in [2.24, 2.45) is 11.8 Å². The van der Waals surface area contributed by atoms with Crippen molar-refractivity contribution in [2.75, 3.05) is 46.2 Å². The summed E-state index contributed by atoms with van der Waals surface area (Å²) in [5.41, 5.74) is 0. The van der Waals surface area contributed by atoms with Crippen LogP contribution >= 0.6 is 0 Å². The van der Waals surface area contributed by atoms with Crippen LogP contribution in [0.5, 0.6) is 0 Å². The van der Waals surface area contributed by atoms with E-state index in [1.165, 1.54) is 0 Å². The van der Waals surface area contributed by atoms with Gasteiger partial charge in [-0.1, -0.05) is 27.7 Å². The molecule has 0 saturated heterocycles. The normalized spacial score (nSPS) is 11.2. The van der Waals surface area contributed by atoms with Gasteiger partial charge in [-0.05, 0) is 0 Å². The largest absolute Gasteiger partial charge is 0.463 e. The third-order valence-corrected chi connectivity index (χ3v) is 2.82. The average Bonchev–Trinajstić information content (AvgIpc) is 2.47. The fourth-order valence-electron chi connectivity index (χ4n) is 1.37. The molecule has 0 aliphatic carbocycles. The minimum absolute atomic E-state index is 0.0665. The van der Waals surface area contributed by atoms with E-state index in [0.29, 0.717) is 46.1 Å². The van der Waals surface area contributed by atoms with E-state index in [1.54, 1.807) is 13.8 Å². The molecule has 6 nitrogen and oxygen atoms in total. The highest BCUT2D eigenvalue weighted by Gasteiger charge is 2.07. The predicted octanol–water partition coefficient (Wildman–Crippen LogP) is 1.85. The number of hydrogen-bond acceptors (Lipinski definition) is 6. The standard InChI is InChI=1S/C16H30O6/c1-13(2)15(17)5-6-19-7-8-20-9-10-21-11-12-22-16(18)14(3)4/h13-14H,5-12H2,1-4H3. The third-order valence-electron chi connectivity index (χ3n) is 2.82. The number of esters is 1. The Balaban J connectivity index is 3.18. The van der Waals surface area contributed by atoms with Gasteiger partial charge in [0.25, 0.3) is 0 Å². The van der Waals surface area contributed by atoms with Crippen molar-refractivity contribution in [1.82, 2.24) is 0 Å². The summed E-state index contributed by atoms with van der Waals surface area (Å²) in [6.07, 6.45) is 0.454. The van der Waals surface area contributed by atoms with Crippen molar-refractivity contribution >= 4 is 11.8 Å². The minimum Gasteiger partial charge on any atom is -0.463 e. The molecule has 0 aliphatic rings. The van der Waals surface area contributed by atoms with E-state index in [-0.39, 0.29) is 30.2 Å². The second kappa shape index (κ2) is 13.7. The monoisotopic (exact) mass is 318 g/mol. The van der Waals surface area contributed by atoms with Gasteiger partial charge in [0, 0.05) is 12.3 Å². The zero-order valence-corrected chi connectivity index (χ0v) is 14.3. The molecule has 0 bridgehead atoms. The van der Waals surface area contributed by atoms with E-state index in [0.717, 1.165) is 0 Å². The predicted molar refractivity (Wildman–Crippen MR) is 82.7 cm³/mol. The molecule has 0 fully saturated rings. The van der Waals surface area contributed by atoms with Gasteiger partial charge in [-0.15, -0.1) is 0 Å². The van der Waals surface area contributed by atoms with Crippen molar-refractivity contribution < 1.29 is 28.5 Å². The summed E-state index contributed by atoms with van der Waals surface area (Å²) in [6.45, 7) is 10.3. The van der Waals surface area contributed by atoms with Gasteiger partial charge in [-0.3, -0.25) is 9.59 Å². The molecule has 0 unspecified atom stereocenters. The van der Waals surface area contributed by atoms with E-state index >= 15 is 0 Å². The summed E-state index contributed by atoms with van der Waals surface area (Å²) >= 11 is 0. The Morgan fingerprint density at radius 2 is 1.14 bits per heavy atom. The van der Waals surface area contributed by atoms with Crippen LogP contribution in [0.15, 0.2) is 0 Å². The lowest BCUT2D eigenvalue weighted by Crippen LogP contribution is -2.17. The van der Waals surface area contributed by atoms with E-state index < -0.39 is 0 Å². The van der Waals surface area contributed by atoms with Crippen molar-refractivity contribution in [1.29, 1.82) is 0 Å². The Bertz CT molecular complexity index is 271. The summed E-state index contributed by atoms with van der Waals surface area (Å²) in [7, 11) is 0. The Labute approximate surface area is 133 Å². The van der Waals surface area contributed by atoms with Crippen LogP contribution in [-0.4, -0.2) is 58.0 Å². The van der Waals surface area contributed by atoms with E-state index in [9.17, 15) is 9.59 Å². The number of ether oxygens (including phenoxy) is 4. The van der Waals surface area contributed by atoms with E-state index in [4.69, 9.17) is 18.9 Å². The molecular formula is C16H30O6. The van der Waals surface area contributed by atoms with Crippen LogP contribution in [0.2, 0.25) is 0 Å². The molecule has 130 valence electrons. The van der Waals surface area contributed by atoms with Gasteiger partial charge >= 0.3 is 5.97 Å². The van der Waals surface area contributed by atoms with Crippen LogP contribution < -0.4 is 0 Å². The van der Waals surface area contributed by atoms with Gasteiger partial charge in [-0.25, -0.2) is 0 Å². The van der Waals surface area contributed by atoms with Crippen LogP contribution in [-0.2, 0) is 28.5 Å². The van der Waals surface area contributed by atoms with E-state index in [2.05, 4.69) is 0 Å². The summed E-state index contributed by atoms with van der Waals surface area (Å²) in [6, 6.07) is 0. The first-order valence-electron chi connectivity index (χ1n) is 7.87. The lowest BCUT2D eigenvalue weighted by molar-refractivity contribution is -0.149. The fourth-order valence-corrected chi connectivity index (χ4v) is 1.37. The first kappa shape index (κ1) is 21.0. The number of ketones is 1. The Hall–Kier alpha value is -0.980. The highest BCUT2D eigenvalue weighted by Crippen LogP contribution is 1.98. The molecule has 6 heteroatoms. The SMILES string of the molecule is CC(C)C(=O)CCOCCOCCOCCOC(=O)C(C)C. The molecule has 22 heavy (non-hydrogen) atoms. The van der Waals surface area contributed by atoms with Gasteiger partial charge in [0.15, 0.2) is 0 Å². The quantitative estimate of drug-likeness (QED) is 0.359. The molecule has 0 heterocycles. The maximum absolute atomic E-state index is 11.3. The average molecular weight is 318 g/mol. The first-order valence-corrected chi connectivity index (χ1v) is 7.87. The van der Waals surface area contributed by atoms with Crippen molar-refractivity contribution in [3.8, 4) is 0 Å². The lowest BCUT2D eigenvalue weighted by atomic mass is 10.1. The molecule has 0 N–H and O–H groups in total. The third kappa shape index (κ3) is 12.7. The molecule has 0 aromatic heterocycles. The number of carbonyl (C=O) groups is 2. The second-order valence-corrected chi connectivity index (χ2v) is 5.53. The molecular weight excluding hydrogens is 288 g/mol. The van der Waals surface area contributed by atoms with Gasteiger partial charge < -0.3 is 18.9 Å². The highest BCUT2D eigenvalue weighted by molar-refractivity contribution is 5.80. The zero-order valence-electron chi connectivity index (χ0n) is 14.3. The topological polar surface area (TPSA) is 71.1 Å². The zero-order chi connectivity index (χ0) is 16.8. The Kier molecular flexibility index (Phi) is 13.1. The summed E-state index contributed by atoms with van der Waals surface area (Å²) < 4.78 is 20.8. The molecule has 0 aromatic carbocycles. The number of hydrogen-bond donors (Lipinski definition) is 0. The van der Waals surface area contributed by atoms with Gasteiger partial charge in [0.2, 0.25) is 0 Å². The molecule has 0 radical (unpaired) electrons. The molecule has 0 amide bonds. The summed E-state index contributed by atoms with van der Waals surface area (Å²) in [4.78, 5) is 22.5. The lowest BCUT2D eigenvalue weighted by Gasteiger charge is -2.08. The summed E-state index contributed by atoms with van der Waals surface area (Å²) in [5.74, 6) is -0.0450. The van der Waals surface area contributed by atoms with E-state index in [1.807, 2.05) is 13.8 Å². The molecule has 0 aromatic rings. The van der Waals surface area contributed by atoms with Crippen LogP contribution in [0.3, 0.4) is 0 Å².